The molecule has 2 nitrogen and oxygen atoms in total. The molecule has 4 aromatic rings. The van der Waals surface area contributed by atoms with Crippen molar-refractivity contribution in [1.29, 1.82) is 0 Å². The number of rotatable bonds is 32. The van der Waals surface area contributed by atoms with E-state index >= 15 is 0 Å². The fraction of sp³-hybridized carbons (Fsp3) is 0.788. The van der Waals surface area contributed by atoms with Crippen LogP contribution in [0.3, 0.4) is 0 Å². The quantitative estimate of drug-likeness (QED) is 0.0346. The summed E-state index contributed by atoms with van der Waals surface area (Å²) in [6.07, 6.45) is 26.7. The van der Waals surface area contributed by atoms with E-state index in [1.165, 1.54) is 176 Å². The molecule has 11 heteroatoms. The minimum atomic E-state index is -0.0358. The third-order valence-corrected chi connectivity index (χ3v) is 32.0. The smallest absolute Gasteiger partial charge is 0.220 e. The van der Waals surface area contributed by atoms with Gasteiger partial charge < -0.3 is 0 Å². The second kappa shape index (κ2) is 68.5. The maximum Gasteiger partial charge on any atom is 0.220 e. The normalized spacial score (nSPS) is 13.2. The van der Waals surface area contributed by atoms with Gasteiger partial charge in [-0.3, -0.25) is 9.59 Å². The number of unbranched alkanes of at least 4 members (excludes halogenated alkanes) is 3. The molecule has 0 aromatic heterocycles. The Morgan fingerprint density at radius 2 is 0.559 bits per heavy atom. The van der Waals surface area contributed by atoms with Gasteiger partial charge in [0.25, 0.3) is 0 Å². The topological polar surface area (TPSA) is 34.1 Å². The fourth-order valence-electron chi connectivity index (χ4n) is 14.1. The van der Waals surface area contributed by atoms with Gasteiger partial charge in [-0.2, -0.15) is 82.3 Å². The lowest BCUT2D eigenvalue weighted by molar-refractivity contribution is -0.110. The van der Waals surface area contributed by atoms with Gasteiger partial charge in [0.15, 0.2) is 5.12 Å². The van der Waals surface area contributed by atoms with E-state index in [1.807, 2.05) is 47.8 Å². The van der Waals surface area contributed by atoms with E-state index in [0.717, 1.165) is 41.9 Å². The van der Waals surface area contributed by atoms with Crippen molar-refractivity contribution in [2.24, 2.45) is 59.6 Å². The van der Waals surface area contributed by atoms with Crippen molar-refractivity contribution >= 4 is 116 Å². The van der Waals surface area contributed by atoms with E-state index in [9.17, 15) is 9.59 Å². The number of thioether (sulfide) groups is 9. The Kier molecular flexibility index (Phi) is 73.2. The highest BCUT2D eigenvalue weighted by molar-refractivity contribution is 8.15. The number of carbonyl (C=O) groups is 2. The van der Waals surface area contributed by atoms with Gasteiger partial charge in [-0.15, -0.1) is 0 Å². The Morgan fingerprint density at radius 1 is 0.245 bits per heavy atom. The lowest BCUT2D eigenvalue weighted by Gasteiger charge is -2.33. The minimum absolute atomic E-state index is 0. The van der Waals surface area contributed by atoms with Crippen LogP contribution < -0.4 is 0 Å². The van der Waals surface area contributed by atoms with E-state index in [-0.39, 0.29) is 38.0 Å². The average Bonchev–Trinajstić information content (AvgIpc) is 0.843. The van der Waals surface area contributed by atoms with Crippen LogP contribution in [0, 0.1) is 59.6 Å². The Bertz CT molecular complexity index is 3890. The monoisotopic (exact) mass is 2150 g/mol. The maximum absolute atomic E-state index is 12.3. The summed E-state index contributed by atoms with van der Waals surface area (Å²) in [5.41, 5.74) is 15.1. The first-order valence-electron chi connectivity index (χ1n) is 54.8. The van der Waals surface area contributed by atoms with Gasteiger partial charge in [-0.1, -0.05) is 561 Å². The van der Waals surface area contributed by atoms with Crippen LogP contribution in [0.2, 0.25) is 0 Å². The highest BCUT2D eigenvalue weighted by Gasteiger charge is 2.30. The Morgan fingerprint density at radius 3 is 0.916 bits per heavy atom. The number of hydrogen-bond donors (Lipinski definition) is 0. The molecular formula is C132H246O2S9. The molecule has 0 aliphatic heterocycles. The van der Waals surface area contributed by atoms with E-state index in [2.05, 4.69) is 545 Å². The molecule has 0 aliphatic carbocycles. The maximum atomic E-state index is 12.3. The van der Waals surface area contributed by atoms with Crippen molar-refractivity contribution in [3.05, 3.63) is 154 Å². The van der Waals surface area contributed by atoms with Gasteiger partial charge in [-0.25, -0.2) is 0 Å². The van der Waals surface area contributed by atoms with E-state index < -0.39 is 0 Å². The van der Waals surface area contributed by atoms with Crippen molar-refractivity contribution < 1.29 is 9.59 Å². The standard InChI is InChI=1S/C17H26OS.C17H28S.C16H24OS.C16H26S.2C14H30S.C13H28S.C12H26S.C12H24S.CH4/c1-16(2,3)12-14-10-8-7-9-13(14)11-15(18)19-17(4,5)6;1-16(2,3)13-15-10-8-7-9-14(15)11-12-18-17(4,5)6;1-15(2,3)11-12-9-7-8-10-13(12)14(17)18-16(4,5)6;1-15(2,3)11-13-9-7-8-10-14(13)12-17-16(4,5)6;1-12(2,3)11-14(7,8)9-10-15-13(4,5)6;1-12(2,3)9-10-14(7,8)11-15-13(4,5)6;1-12(2,3)10-8-7-9-11-14-13(4,5)6;2*1-11(2,3)9-7-8-10-13-12(4,5)6;/h7-10H,11-12H2,1-6H3;7-10H,11-13H2,1-6H3;7-10H,11H2,1-6H3;7-10H,11-12H2,1-6H3;2*9-11H2,1-8H3;7-11H2,1-6H3;7-10H2,1-6H3;7-8H,9-10H2,1-6H3;1H4/b;;;;;;;;8-7-;. The van der Waals surface area contributed by atoms with Crippen molar-refractivity contribution in [3.63, 3.8) is 0 Å². The number of aryl methyl sites for hydroxylation is 1. The molecule has 143 heavy (non-hydrogen) atoms. The molecule has 0 amide bonds. The molecule has 0 saturated heterocycles. The Balaban J connectivity index is -0.000000370. The molecule has 0 unspecified atom stereocenters. The zero-order chi connectivity index (χ0) is 113. The van der Waals surface area contributed by atoms with Crippen molar-refractivity contribution in [1.82, 2.24) is 0 Å². The van der Waals surface area contributed by atoms with Crippen LogP contribution in [0.1, 0.15) is 535 Å². The van der Waals surface area contributed by atoms with Gasteiger partial charge >= 0.3 is 0 Å². The summed E-state index contributed by atoms with van der Waals surface area (Å²) in [6.45, 7) is 132. The van der Waals surface area contributed by atoms with Crippen LogP contribution in [0.4, 0.5) is 0 Å². The first kappa shape index (κ1) is 153. The SMILES string of the molecule is C.CC(C)(C)C/C=C\CSC(C)(C)C.CC(C)(C)CC(C)(C)CCSC(C)(C)C.CC(C)(C)CCC(C)(C)CSC(C)(C)C.CC(C)(C)CCCCCSC(C)(C)C.CC(C)(C)CCCCSC(C)(C)C.CC(C)(C)Cc1ccccc1C(=O)SC(C)(C)C.CC(C)(C)Cc1ccccc1CC(=O)SC(C)(C)C.CC(C)(C)Cc1ccccc1CCSC(C)(C)C.CC(C)(C)Cc1ccccc1CSC(C)(C)C. The van der Waals surface area contributed by atoms with Crippen molar-refractivity contribution in [2.75, 3.05) is 34.5 Å². The van der Waals surface area contributed by atoms with Gasteiger partial charge in [0.1, 0.15) is 0 Å². The molecule has 0 aliphatic rings. The molecule has 0 fully saturated rings. The third kappa shape index (κ3) is 116. The van der Waals surface area contributed by atoms with E-state index in [1.54, 1.807) is 0 Å². The lowest BCUT2D eigenvalue weighted by Crippen LogP contribution is -2.22. The number of carbonyl (C=O) groups excluding carboxylic acids is 2. The van der Waals surface area contributed by atoms with Crippen LogP contribution >= 0.6 is 106 Å². The van der Waals surface area contributed by atoms with Gasteiger partial charge in [0.2, 0.25) is 5.12 Å². The Labute approximate surface area is 938 Å². The molecule has 0 spiro atoms. The summed E-state index contributed by atoms with van der Waals surface area (Å²) in [5, 5.41) is 0.441. The molecule has 840 valence electrons. The zero-order valence-electron chi connectivity index (χ0n) is 106. The molecule has 4 rings (SSSR count). The predicted octanol–water partition coefficient (Wildman–Crippen LogP) is 46.2. The van der Waals surface area contributed by atoms with Crippen LogP contribution in [-0.4, -0.2) is 87.5 Å². The van der Waals surface area contributed by atoms with Crippen LogP contribution in [-0.2, 0) is 49.1 Å². The molecule has 0 atom stereocenters. The van der Waals surface area contributed by atoms with Crippen LogP contribution in [0.5, 0.6) is 0 Å². The molecule has 4 aromatic carbocycles. The molecule has 0 radical (unpaired) electrons. The summed E-state index contributed by atoms with van der Waals surface area (Å²) in [7, 11) is 0. The first-order valence-corrected chi connectivity index (χ1v) is 63.3. The van der Waals surface area contributed by atoms with Crippen molar-refractivity contribution in [3.8, 4) is 0 Å². The third-order valence-electron chi connectivity index (χ3n) is 20.4. The lowest BCUT2D eigenvalue weighted by atomic mass is 9.75. The summed E-state index contributed by atoms with van der Waals surface area (Å²) in [4.78, 5) is 24.4. The summed E-state index contributed by atoms with van der Waals surface area (Å²) in [5.74, 6) is 8.67. The van der Waals surface area contributed by atoms with E-state index in [4.69, 9.17) is 0 Å². The molecule has 0 heterocycles. The second-order valence-corrected chi connectivity index (χ2v) is 78.3. The van der Waals surface area contributed by atoms with Crippen LogP contribution in [0.15, 0.2) is 109 Å². The highest BCUT2D eigenvalue weighted by Crippen LogP contribution is 2.42. The predicted molar refractivity (Wildman–Crippen MR) is 690 cm³/mol. The van der Waals surface area contributed by atoms with E-state index in [0.29, 0.717) is 88.4 Å². The first-order chi connectivity index (χ1) is 62.9. The van der Waals surface area contributed by atoms with Gasteiger partial charge in [0.05, 0.1) is 0 Å². The van der Waals surface area contributed by atoms with Crippen molar-refractivity contribution in [2.45, 2.75) is 573 Å². The largest absolute Gasteiger partial charge is 0.287 e. The minimum Gasteiger partial charge on any atom is -0.287 e. The van der Waals surface area contributed by atoms with Gasteiger partial charge in [-0.05, 0) is 217 Å². The van der Waals surface area contributed by atoms with Crippen LogP contribution in [0.25, 0.3) is 0 Å². The highest BCUT2D eigenvalue weighted by atomic mass is 32.2. The molecular weight excluding hydrogens is 1910 g/mol. The zero-order valence-corrected chi connectivity index (χ0v) is 113. The number of allylic oxidation sites excluding steroid dienone is 1. The summed E-state index contributed by atoms with van der Waals surface area (Å²) in [6, 6.07) is 34.1. The average molecular weight is 2150 g/mol. The molecule has 0 saturated carbocycles. The number of hydrogen-bond acceptors (Lipinski definition) is 11. The fourth-order valence-corrected chi connectivity index (χ4v) is 22.6. The van der Waals surface area contributed by atoms with Gasteiger partial charge in [0, 0.05) is 66.2 Å². The second-order valence-electron chi connectivity index (χ2n) is 61.5. The Hall–Kier alpha value is -0.890. The molecule has 0 N–H and O–H groups in total. The number of benzene rings is 4. The summed E-state index contributed by atoms with van der Waals surface area (Å²) >= 11 is 17.3. The summed E-state index contributed by atoms with van der Waals surface area (Å²) < 4.78 is 2.78. The molecule has 0 bridgehead atoms.